The first kappa shape index (κ1) is 14.7. The molecule has 2 aromatic carbocycles. The van der Waals surface area contributed by atoms with Crippen molar-refractivity contribution in [3.63, 3.8) is 0 Å². The monoisotopic (exact) mass is 375 g/mol. The van der Waals surface area contributed by atoms with Crippen LogP contribution in [0.2, 0.25) is 10.0 Å². The van der Waals surface area contributed by atoms with Crippen LogP contribution in [0, 0.1) is 0 Å². The Labute approximate surface area is 134 Å². The topological polar surface area (TPSA) is 29.1 Å². The van der Waals surface area contributed by atoms with Crippen LogP contribution in [0.4, 0.5) is 5.69 Å². The molecule has 0 heterocycles. The predicted octanol–water partition coefficient (Wildman–Crippen LogP) is 5.30. The van der Waals surface area contributed by atoms with Crippen molar-refractivity contribution >= 4 is 63.4 Å². The molecule has 0 aliphatic heterocycles. The van der Waals surface area contributed by atoms with Crippen LogP contribution in [0.15, 0.2) is 45.8 Å². The maximum atomic E-state index is 12.2. The predicted molar refractivity (Wildman–Crippen MR) is 85.8 cm³/mol. The Hall–Kier alpha value is -0.680. The number of nitrogens with one attached hydrogen (secondary N) is 1. The van der Waals surface area contributed by atoms with Crippen LogP contribution in [-0.4, -0.2) is 5.91 Å². The molecule has 0 saturated carbocycles. The summed E-state index contributed by atoms with van der Waals surface area (Å²) in [5.41, 5.74) is 0.944. The van der Waals surface area contributed by atoms with Crippen molar-refractivity contribution in [1.82, 2.24) is 0 Å². The molecule has 1 N–H and O–H groups in total. The fourth-order valence-electron chi connectivity index (χ4n) is 1.48. The van der Waals surface area contributed by atoms with Crippen molar-refractivity contribution in [2.45, 2.75) is 4.90 Å². The molecule has 0 atom stereocenters. The molecule has 0 fully saturated rings. The summed E-state index contributed by atoms with van der Waals surface area (Å²) < 4.78 is 0.628. The van der Waals surface area contributed by atoms with E-state index in [2.05, 4.69) is 33.9 Å². The Morgan fingerprint density at radius 3 is 2.63 bits per heavy atom. The summed E-state index contributed by atoms with van der Waals surface area (Å²) in [5.74, 6) is -0.316. The summed E-state index contributed by atoms with van der Waals surface area (Å²) in [6, 6.07) is 10.2. The van der Waals surface area contributed by atoms with Crippen molar-refractivity contribution in [1.29, 1.82) is 0 Å². The van der Waals surface area contributed by atoms with Gasteiger partial charge in [0.2, 0.25) is 0 Å². The van der Waals surface area contributed by atoms with Gasteiger partial charge in [-0.25, -0.2) is 0 Å². The number of halogens is 3. The minimum absolute atomic E-state index is 0.316. The molecule has 6 heteroatoms. The zero-order valence-corrected chi connectivity index (χ0v) is 13.4. The van der Waals surface area contributed by atoms with Gasteiger partial charge in [-0.1, -0.05) is 29.3 Å². The average molecular weight is 377 g/mol. The first-order valence-electron chi connectivity index (χ1n) is 5.23. The zero-order valence-electron chi connectivity index (χ0n) is 9.45. The van der Waals surface area contributed by atoms with Crippen molar-refractivity contribution in [2.75, 3.05) is 5.32 Å². The first-order valence-corrected chi connectivity index (χ1v) is 7.22. The van der Waals surface area contributed by atoms with Gasteiger partial charge in [-0.05, 0) is 46.3 Å². The van der Waals surface area contributed by atoms with Gasteiger partial charge in [0.25, 0.3) is 5.91 Å². The lowest BCUT2D eigenvalue weighted by Gasteiger charge is -2.09. The van der Waals surface area contributed by atoms with E-state index in [-0.39, 0.29) is 5.91 Å². The number of carbonyl (C=O) groups excluding carboxylic acids is 1. The van der Waals surface area contributed by atoms with Gasteiger partial charge < -0.3 is 5.32 Å². The van der Waals surface area contributed by atoms with Crippen molar-refractivity contribution in [3.05, 3.63) is 56.5 Å². The fraction of sp³-hybridized carbons (Fsp3) is 0. The Morgan fingerprint density at radius 2 is 1.89 bits per heavy atom. The molecule has 2 nitrogen and oxygen atoms in total. The molecular formula is C13H8BrCl2NOS. The lowest BCUT2D eigenvalue weighted by Crippen LogP contribution is -2.13. The maximum Gasteiger partial charge on any atom is 0.257 e. The minimum atomic E-state index is -0.316. The lowest BCUT2D eigenvalue weighted by atomic mass is 10.2. The van der Waals surface area contributed by atoms with E-state index in [0.717, 1.165) is 0 Å². The van der Waals surface area contributed by atoms with E-state index in [0.29, 0.717) is 30.7 Å². The Kier molecular flexibility index (Phi) is 4.79. The van der Waals surface area contributed by atoms with Gasteiger partial charge >= 0.3 is 0 Å². The van der Waals surface area contributed by atoms with Crippen molar-refractivity contribution in [2.24, 2.45) is 0 Å². The summed E-state index contributed by atoms with van der Waals surface area (Å²) >= 11 is 19.5. The molecule has 0 aliphatic rings. The number of hydrogen-bond donors (Lipinski definition) is 2. The number of hydrogen-bond acceptors (Lipinski definition) is 2. The van der Waals surface area contributed by atoms with E-state index in [1.54, 1.807) is 36.4 Å². The number of rotatable bonds is 2. The number of amides is 1. The number of anilines is 1. The summed E-state index contributed by atoms with van der Waals surface area (Å²) in [6.07, 6.45) is 0. The Balaban J connectivity index is 2.31. The average Bonchev–Trinajstić information content (AvgIpc) is 2.38. The van der Waals surface area contributed by atoms with Gasteiger partial charge in [0.15, 0.2) is 0 Å². The van der Waals surface area contributed by atoms with E-state index in [1.807, 2.05) is 0 Å². The fourth-order valence-corrected chi connectivity index (χ4v) is 2.42. The summed E-state index contributed by atoms with van der Waals surface area (Å²) in [5, 5.41) is 3.64. The molecule has 0 aromatic heterocycles. The van der Waals surface area contributed by atoms with Gasteiger partial charge in [0.1, 0.15) is 0 Å². The second kappa shape index (κ2) is 6.18. The van der Waals surface area contributed by atoms with Gasteiger partial charge in [-0.2, -0.15) is 0 Å². The minimum Gasteiger partial charge on any atom is -0.321 e. The molecule has 0 bridgehead atoms. The van der Waals surface area contributed by atoms with Crippen molar-refractivity contribution in [3.8, 4) is 0 Å². The second-order valence-corrected chi connectivity index (χ2v) is 5.84. The SMILES string of the molecule is O=C(Nc1cccc(Cl)c1Br)c1cc(S)ccc1Cl. The van der Waals surface area contributed by atoms with Crippen LogP contribution in [0.5, 0.6) is 0 Å². The molecule has 98 valence electrons. The molecule has 0 radical (unpaired) electrons. The highest BCUT2D eigenvalue weighted by Crippen LogP contribution is 2.31. The molecular weight excluding hydrogens is 369 g/mol. The highest BCUT2D eigenvalue weighted by Gasteiger charge is 2.13. The largest absolute Gasteiger partial charge is 0.321 e. The van der Waals surface area contributed by atoms with E-state index in [9.17, 15) is 4.79 Å². The zero-order chi connectivity index (χ0) is 14.0. The highest BCUT2D eigenvalue weighted by atomic mass is 79.9. The highest BCUT2D eigenvalue weighted by molar-refractivity contribution is 9.10. The summed E-state index contributed by atoms with van der Waals surface area (Å²) in [4.78, 5) is 12.8. The van der Waals surface area contributed by atoms with Crippen LogP contribution >= 0.6 is 51.8 Å². The quantitative estimate of drug-likeness (QED) is 0.684. The van der Waals surface area contributed by atoms with Crippen LogP contribution in [-0.2, 0) is 0 Å². The lowest BCUT2D eigenvalue weighted by molar-refractivity contribution is 0.102. The molecule has 0 aliphatic carbocycles. The van der Waals surface area contributed by atoms with E-state index >= 15 is 0 Å². The van der Waals surface area contributed by atoms with Crippen LogP contribution in [0.3, 0.4) is 0 Å². The van der Waals surface area contributed by atoms with Crippen molar-refractivity contribution < 1.29 is 4.79 Å². The first-order chi connectivity index (χ1) is 8.99. The van der Waals surface area contributed by atoms with Gasteiger partial charge in [0, 0.05) is 4.90 Å². The van der Waals surface area contributed by atoms with E-state index in [1.165, 1.54) is 0 Å². The van der Waals surface area contributed by atoms with Crippen LogP contribution < -0.4 is 5.32 Å². The Bertz CT molecular complexity index is 649. The molecule has 2 rings (SSSR count). The molecule has 0 spiro atoms. The van der Waals surface area contributed by atoms with Crippen LogP contribution in [0.1, 0.15) is 10.4 Å². The molecule has 1 amide bonds. The third kappa shape index (κ3) is 3.45. The standard InChI is InChI=1S/C13H8BrCl2NOS/c14-12-10(16)2-1-3-11(12)17-13(18)8-6-7(19)4-5-9(8)15/h1-6,19H,(H,17,18). The summed E-state index contributed by atoms with van der Waals surface area (Å²) in [6.45, 7) is 0. The van der Waals surface area contributed by atoms with E-state index < -0.39 is 0 Å². The summed E-state index contributed by atoms with van der Waals surface area (Å²) in [7, 11) is 0. The van der Waals surface area contributed by atoms with Gasteiger partial charge in [-0.3, -0.25) is 4.79 Å². The van der Waals surface area contributed by atoms with E-state index in [4.69, 9.17) is 23.2 Å². The third-order valence-electron chi connectivity index (χ3n) is 2.39. The second-order valence-electron chi connectivity index (χ2n) is 3.72. The van der Waals surface area contributed by atoms with Gasteiger partial charge in [0.05, 0.1) is 25.8 Å². The van der Waals surface area contributed by atoms with Gasteiger partial charge in [-0.15, -0.1) is 12.6 Å². The number of thiol groups is 1. The smallest absolute Gasteiger partial charge is 0.257 e. The molecule has 0 unspecified atom stereocenters. The number of carbonyl (C=O) groups is 1. The third-order valence-corrected chi connectivity index (χ3v) is 4.40. The molecule has 19 heavy (non-hydrogen) atoms. The number of benzene rings is 2. The maximum absolute atomic E-state index is 12.2. The Morgan fingerprint density at radius 1 is 1.16 bits per heavy atom. The molecule has 2 aromatic rings. The normalized spacial score (nSPS) is 10.3. The van der Waals surface area contributed by atoms with Crippen LogP contribution in [0.25, 0.3) is 0 Å². The molecule has 0 saturated heterocycles.